The second-order valence-electron chi connectivity index (χ2n) is 13.3. The van der Waals surface area contributed by atoms with Crippen LogP contribution in [0.15, 0.2) is 23.3 Å². The molecule has 0 aromatic rings. The van der Waals surface area contributed by atoms with Gasteiger partial charge in [-0.25, -0.2) is 0 Å². The van der Waals surface area contributed by atoms with Crippen LogP contribution in [0.2, 0.25) is 18.1 Å². The van der Waals surface area contributed by atoms with Gasteiger partial charge in [-0.3, -0.25) is 4.79 Å². The van der Waals surface area contributed by atoms with Gasteiger partial charge < -0.3 is 4.43 Å². The minimum atomic E-state index is -1.98. The van der Waals surface area contributed by atoms with Crippen molar-refractivity contribution in [2.24, 2.45) is 34.5 Å². The monoisotopic (exact) mass is 442 g/mol. The van der Waals surface area contributed by atoms with Crippen molar-refractivity contribution in [3.8, 4) is 0 Å². The summed E-state index contributed by atoms with van der Waals surface area (Å²) in [5.41, 5.74) is 3.24. The zero-order valence-electron chi connectivity index (χ0n) is 21.6. The molecular weight excluding hydrogens is 396 g/mol. The van der Waals surface area contributed by atoms with Gasteiger partial charge >= 0.3 is 0 Å². The number of hydrogen-bond acceptors (Lipinski definition) is 2. The minimum absolute atomic E-state index is 0.0190. The van der Waals surface area contributed by atoms with Crippen LogP contribution < -0.4 is 0 Å². The number of ketones is 1. The van der Waals surface area contributed by atoms with Gasteiger partial charge in [-0.2, -0.15) is 0 Å². The van der Waals surface area contributed by atoms with Crippen molar-refractivity contribution in [3.63, 3.8) is 0 Å². The Morgan fingerprint density at radius 2 is 1.77 bits per heavy atom. The van der Waals surface area contributed by atoms with E-state index in [-0.39, 0.29) is 22.3 Å². The van der Waals surface area contributed by atoms with Crippen LogP contribution in [0, 0.1) is 34.5 Å². The lowest BCUT2D eigenvalue weighted by Gasteiger charge is -2.60. The van der Waals surface area contributed by atoms with Gasteiger partial charge in [0.1, 0.15) is 0 Å². The molecule has 0 amide bonds. The normalized spacial score (nSPS) is 43.0. The minimum Gasteiger partial charge on any atom is -0.413 e. The molecule has 0 aromatic carbocycles. The molecule has 0 saturated heterocycles. The number of carbonyl (C=O) groups is 1. The molecule has 0 bridgehead atoms. The van der Waals surface area contributed by atoms with E-state index < -0.39 is 8.32 Å². The molecule has 0 radical (unpaired) electrons. The molecular formula is C28H46O2Si. The Morgan fingerprint density at radius 1 is 1.10 bits per heavy atom. The summed E-state index contributed by atoms with van der Waals surface area (Å²) in [4.78, 5) is 12.8. The van der Waals surface area contributed by atoms with Crippen LogP contribution in [0.1, 0.15) is 87.0 Å². The van der Waals surface area contributed by atoms with Gasteiger partial charge in [0.05, 0.1) is 6.10 Å². The summed E-state index contributed by atoms with van der Waals surface area (Å²) in [6, 6.07) is 0. The topological polar surface area (TPSA) is 26.3 Å². The zero-order chi connectivity index (χ0) is 23.0. The van der Waals surface area contributed by atoms with Gasteiger partial charge in [-0.1, -0.05) is 59.6 Å². The van der Waals surface area contributed by atoms with Gasteiger partial charge in [-0.15, -0.1) is 0 Å². The number of carbonyl (C=O) groups excluding carboxylic acids is 1. The third-order valence-corrected chi connectivity index (χ3v) is 15.4. The molecule has 4 aliphatic carbocycles. The molecule has 3 heteroatoms. The molecule has 4 aliphatic rings. The first-order valence-corrected chi connectivity index (χ1v) is 15.8. The Labute approximate surface area is 192 Å². The SMILES string of the molecule is CC[C@H]1CC[C@H]2[C@@H]3C(C)=CC4=CC(=O)CC(O[Si](C)(C)C(C)(C)C)[C@]4(C)[C@H]3CC[C@]12C. The van der Waals surface area contributed by atoms with E-state index >= 15 is 0 Å². The molecule has 2 saturated carbocycles. The second kappa shape index (κ2) is 7.42. The molecule has 0 heterocycles. The van der Waals surface area contributed by atoms with Gasteiger partial charge in [-0.05, 0) is 91.5 Å². The van der Waals surface area contributed by atoms with Crippen molar-refractivity contribution in [2.75, 3.05) is 0 Å². The molecule has 2 fully saturated rings. The summed E-state index contributed by atoms with van der Waals surface area (Å²) < 4.78 is 7.10. The molecule has 0 N–H and O–H groups in total. The van der Waals surface area contributed by atoms with Crippen LogP contribution >= 0.6 is 0 Å². The smallest absolute Gasteiger partial charge is 0.192 e. The first-order chi connectivity index (χ1) is 14.3. The van der Waals surface area contributed by atoms with Crippen LogP contribution in [0.5, 0.6) is 0 Å². The summed E-state index contributed by atoms with van der Waals surface area (Å²) in [5, 5.41) is 0.151. The summed E-state index contributed by atoms with van der Waals surface area (Å²) in [6.07, 6.45) is 11.7. The number of rotatable bonds is 3. The van der Waals surface area contributed by atoms with E-state index in [0.29, 0.717) is 23.7 Å². The van der Waals surface area contributed by atoms with Crippen molar-refractivity contribution in [3.05, 3.63) is 23.3 Å². The average Bonchev–Trinajstić information content (AvgIpc) is 2.99. The maximum atomic E-state index is 12.8. The van der Waals surface area contributed by atoms with E-state index in [1.165, 1.54) is 43.3 Å². The highest BCUT2D eigenvalue weighted by Crippen LogP contribution is 2.67. The molecule has 0 spiro atoms. The highest BCUT2D eigenvalue weighted by molar-refractivity contribution is 6.74. The van der Waals surface area contributed by atoms with Crippen LogP contribution in [-0.2, 0) is 9.22 Å². The van der Waals surface area contributed by atoms with Crippen molar-refractivity contribution in [1.82, 2.24) is 0 Å². The Morgan fingerprint density at radius 3 is 2.39 bits per heavy atom. The molecule has 4 rings (SSSR count). The predicted octanol–water partition coefficient (Wildman–Crippen LogP) is 7.71. The van der Waals surface area contributed by atoms with Crippen LogP contribution in [0.3, 0.4) is 0 Å². The van der Waals surface area contributed by atoms with Crippen molar-refractivity contribution < 1.29 is 9.22 Å². The van der Waals surface area contributed by atoms with Gasteiger partial charge in [0.2, 0.25) is 0 Å². The molecule has 0 aliphatic heterocycles. The summed E-state index contributed by atoms with van der Waals surface area (Å²) >= 11 is 0. The van der Waals surface area contributed by atoms with Crippen LogP contribution in [0.25, 0.3) is 0 Å². The van der Waals surface area contributed by atoms with Crippen LogP contribution in [0.4, 0.5) is 0 Å². The molecule has 1 unspecified atom stereocenters. The summed E-state index contributed by atoms with van der Waals surface area (Å²) in [7, 11) is -1.98. The van der Waals surface area contributed by atoms with E-state index in [4.69, 9.17) is 4.43 Å². The van der Waals surface area contributed by atoms with Crippen molar-refractivity contribution in [2.45, 2.75) is 111 Å². The lowest BCUT2D eigenvalue weighted by Crippen LogP contribution is -2.58. The Kier molecular flexibility index (Phi) is 5.62. The standard InChI is InChI=1S/C28H46O2Si/c1-10-19-11-12-22-25-18(2)15-20-16-21(29)17-24(30-31(8,9)26(3,4)5)28(20,7)23(25)13-14-27(19,22)6/h15-16,19,22-25H,10-14,17H2,1-9H3/t19-,22-,23-,24?,25-,27+,28-/m0/s1. The summed E-state index contributed by atoms with van der Waals surface area (Å²) in [6.45, 7) is 21.4. The van der Waals surface area contributed by atoms with E-state index in [2.05, 4.69) is 67.6 Å². The number of hydrogen-bond donors (Lipinski definition) is 0. The maximum absolute atomic E-state index is 12.8. The highest BCUT2D eigenvalue weighted by atomic mass is 28.4. The van der Waals surface area contributed by atoms with E-state index in [0.717, 1.165) is 11.8 Å². The van der Waals surface area contributed by atoms with Crippen molar-refractivity contribution in [1.29, 1.82) is 0 Å². The van der Waals surface area contributed by atoms with Gasteiger partial charge in [0, 0.05) is 11.8 Å². The quantitative estimate of drug-likeness (QED) is 0.418. The lowest BCUT2D eigenvalue weighted by molar-refractivity contribution is -0.122. The van der Waals surface area contributed by atoms with Gasteiger partial charge in [0.15, 0.2) is 14.1 Å². The third-order valence-electron chi connectivity index (χ3n) is 10.9. The van der Waals surface area contributed by atoms with Crippen molar-refractivity contribution >= 4 is 14.1 Å². The molecule has 2 nitrogen and oxygen atoms in total. The third kappa shape index (κ3) is 3.39. The Bertz CT molecular complexity index is 815. The molecule has 174 valence electrons. The fourth-order valence-corrected chi connectivity index (χ4v) is 9.28. The Balaban J connectivity index is 1.77. The highest BCUT2D eigenvalue weighted by Gasteiger charge is 2.61. The number of fused-ring (bicyclic) bond motifs is 5. The largest absolute Gasteiger partial charge is 0.413 e. The van der Waals surface area contributed by atoms with E-state index in [1.54, 1.807) is 0 Å². The maximum Gasteiger partial charge on any atom is 0.192 e. The van der Waals surface area contributed by atoms with Crippen LogP contribution in [-0.4, -0.2) is 20.2 Å². The first kappa shape index (κ1) is 23.5. The lowest BCUT2D eigenvalue weighted by atomic mass is 9.46. The molecule has 0 aromatic heterocycles. The van der Waals surface area contributed by atoms with Gasteiger partial charge in [0.25, 0.3) is 0 Å². The summed E-state index contributed by atoms with van der Waals surface area (Å²) in [5.74, 6) is 3.17. The average molecular weight is 443 g/mol. The fourth-order valence-electron chi connectivity index (χ4n) is 7.88. The fraction of sp³-hybridized carbons (Fsp3) is 0.821. The van der Waals surface area contributed by atoms with E-state index in [9.17, 15) is 4.79 Å². The molecule has 7 atom stereocenters. The molecule has 31 heavy (non-hydrogen) atoms. The first-order valence-electron chi connectivity index (χ1n) is 12.9. The zero-order valence-corrected chi connectivity index (χ0v) is 22.6. The Hall–Kier alpha value is -0.673. The second-order valence-corrected chi connectivity index (χ2v) is 18.0. The predicted molar refractivity (Wildman–Crippen MR) is 132 cm³/mol. The number of allylic oxidation sites excluding steroid dienone is 3. The van der Waals surface area contributed by atoms with E-state index in [1.807, 2.05) is 6.08 Å².